The fourth-order valence-electron chi connectivity index (χ4n) is 2.84. The molecule has 1 fully saturated rings. The number of rotatable bonds is 3. The average molecular weight is 260 g/mol. The van der Waals surface area contributed by atoms with Crippen LogP contribution in [-0.2, 0) is 0 Å². The molecule has 1 N–H and O–H groups in total. The van der Waals surface area contributed by atoms with Gasteiger partial charge in [0.2, 0.25) is 0 Å². The van der Waals surface area contributed by atoms with Crippen molar-refractivity contribution < 1.29 is 4.79 Å². The van der Waals surface area contributed by atoms with Crippen LogP contribution in [0.4, 0.5) is 0 Å². The maximum absolute atomic E-state index is 12.8. The third kappa shape index (κ3) is 3.16. The number of nitrogens with zero attached hydrogens (tertiary/aromatic N) is 1. The van der Waals surface area contributed by atoms with Gasteiger partial charge < -0.3 is 10.2 Å². The van der Waals surface area contributed by atoms with Crippen LogP contribution in [0.2, 0.25) is 0 Å². The maximum atomic E-state index is 12.8. The van der Waals surface area contributed by atoms with Crippen molar-refractivity contribution in [2.75, 3.05) is 20.1 Å². The standard InChI is InChI=1S/C16H24N2O/c1-12-7-8-13(2)15(10-12)16(19)18-9-5-4-6-14(18)11-17-3/h7-8,10,14,17H,4-6,9,11H2,1-3H3. The fraction of sp³-hybridized carbons (Fsp3) is 0.562. The Hall–Kier alpha value is -1.35. The van der Waals surface area contributed by atoms with Crippen molar-refractivity contribution in [3.05, 3.63) is 34.9 Å². The lowest BCUT2D eigenvalue weighted by atomic mass is 9.98. The van der Waals surface area contributed by atoms with Crippen molar-refractivity contribution in [3.63, 3.8) is 0 Å². The predicted molar refractivity (Wildman–Crippen MR) is 78.5 cm³/mol. The zero-order valence-electron chi connectivity index (χ0n) is 12.2. The van der Waals surface area contributed by atoms with Gasteiger partial charge >= 0.3 is 0 Å². The number of benzene rings is 1. The molecule has 0 spiro atoms. The third-order valence-corrected chi connectivity index (χ3v) is 3.95. The Morgan fingerprint density at radius 2 is 2.16 bits per heavy atom. The summed E-state index contributed by atoms with van der Waals surface area (Å²) in [5.74, 6) is 0.196. The van der Waals surface area contributed by atoms with Crippen molar-refractivity contribution in [2.24, 2.45) is 0 Å². The monoisotopic (exact) mass is 260 g/mol. The quantitative estimate of drug-likeness (QED) is 0.905. The highest BCUT2D eigenvalue weighted by atomic mass is 16.2. The smallest absolute Gasteiger partial charge is 0.254 e. The Morgan fingerprint density at radius 3 is 2.89 bits per heavy atom. The molecule has 0 aromatic heterocycles. The second-order valence-corrected chi connectivity index (χ2v) is 5.52. The van der Waals surface area contributed by atoms with E-state index in [1.54, 1.807) is 0 Å². The third-order valence-electron chi connectivity index (χ3n) is 3.95. The van der Waals surface area contributed by atoms with E-state index < -0.39 is 0 Å². The van der Waals surface area contributed by atoms with Gasteiger partial charge in [-0.3, -0.25) is 4.79 Å². The van der Waals surface area contributed by atoms with E-state index in [1.165, 1.54) is 6.42 Å². The summed E-state index contributed by atoms with van der Waals surface area (Å²) in [5, 5.41) is 3.21. The van der Waals surface area contributed by atoms with Gasteiger partial charge in [0.15, 0.2) is 0 Å². The maximum Gasteiger partial charge on any atom is 0.254 e. The summed E-state index contributed by atoms with van der Waals surface area (Å²) in [6.07, 6.45) is 3.46. The molecule has 0 bridgehead atoms. The lowest BCUT2D eigenvalue weighted by Crippen LogP contribution is -2.48. The zero-order chi connectivity index (χ0) is 13.8. The minimum atomic E-state index is 0.196. The van der Waals surface area contributed by atoms with Crippen LogP contribution in [0.25, 0.3) is 0 Å². The Kier molecular flexibility index (Phi) is 4.59. The molecule has 1 saturated heterocycles. The molecular weight excluding hydrogens is 236 g/mol. The number of amides is 1. The molecule has 1 aromatic rings. The van der Waals surface area contributed by atoms with Gasteiger partial charge in [-0.05, 0) is 51.8 Å². The van der Waals surface area contributed by atoms with E-state index >= 15 is 0 Å². The first-order valence-electron chi connectivity index (χ1n) is 7.16. The van der Waals surface area contributed by atoms with Crippen LogP contribution in [0, 0.1) is 13.8 Å². The first kappa shape index (κ1) is 14.1. The van der Waals surface area contributed by atoms with Gasteiger partial charge in [-0.1, -0.05) is 17.7 Å². The number of hydrogen-bond donors (Lipinski definition) is 1. The van der Waals surface area contributed by atoms with E-state index in [9.17, 15) is 4.79 Å². The van der Waals surface area contributed by atoms with Crippen LogP contribution >= 0.6 is 0 Å². The highest BCUT2D eigenvalue weighted by Crippen LogP contribution is 2.21. The van der Waals surface area contributed by atoms with Crippen molar-refractivity contribution in [3.8, 4) is 0 Å². The van der Waals surface area contributed by atoms with Gasteiger partial charge in [0.1, 0.15) is 0 Å². The molecule has 2 rings (SSSR count). The van der Waals surface area contributed by atoms with Crippen molar-refractivity contribution in [1.29, 1.82) is 0 Å². The number of likely N-dealkylation sites (N-methyl/N-ethyl adjacent to an activating group) is 1. The van der Waals surface area contributed by atoms with Gasteiger partial charge in [-0.2, -0.15) is 0 Å². The molecule has 1 amide bonds. The van der Waals surface area contributed by atoms with Crippen molar-refractivity contribution in [1.82, 2.24) is 10.2 Å². The van der Waals surface area contributed by atoms with E-state index in [0.29, 0.717) is 6.04 Å². The molecule has 1 aliphatic rings. The van der Waals surface area contributed by atoms with E-state index in [4.69, 9.17) is 0 Å². The second-order valence-electron chi connectivity index (χ2n) is 5.52. The van der Waals surface area contributed by atoms with Gasteiger partial charge in [0.05, 0.1) is 0 Å². The number of likely N-dealkylation sites (tertiary alicyclic amines) is 1. The number of carbonyl (C=O) groups excluding carboxylic acids is 1. The number of aryl methyl sites for hydroxylation is 2. The number of carbonyl (C=O) groups is 1. The van der Waals surface area contributed by atoms with E-state index in [0.717, 1.165) is 42.6 Å². The SMILES string of the molecule is CNCC1CCCCN1C(=O)c1cc(C)ccc1C. The topological polar surface area (TPSA) is 32.3 Å². The Morgan fingerprint density at radius 1 is 1.37 bits per heavy atom. The molecule has 1 unspecified atom stereocenters. The zero-order valence-corrected chi connectivity index (χ0v) is 12.2. The molecule has 1 atom stereocenters. The summed E-state index contributed by atoms with van der Waals surface area (Å²) in [5.41, 5.74) is 3.09. The minimum absolute atomic E-state index is 0.196. The molecule has 19 heavy (non-hydrogen) atoms. The van der Waals surface area contributed by atoms with Crippen molar-refractivity contribution in [2.45, 2.75) is 39.2 Å². The summed E-state index contributed by atoms with van der Waals surface area (Å²) in [7, 11) is 1.95. The molecule has 3 nitrogen and oxygen atoms in total. The van der Waals surface area contributed by atoms with Gasteiger partial charge in [0, 0.05) is 24.7 Å². The highest BCUT2D eigenvalue weighted by molar-refractivity contribution is 5.96. The summed E-state index contributed by atoms with van der Waals surface area (Å²) in [6, 6.07) is 6.46. The summed E-state index contributed by atoms with van der Waals surface area (Å²) >= 11 is 0. The molecular formula is C16H24N2O. The number of nitrogens with one attached hydrogen (secondary N) is 1. The van der Waals surface area contributed by atoms with Crippen LogP contribution < -0.4 is 5.32 Å². The van der Waals surface area contributed by atoms with Gasteiger partial charge in [-0.15, -0.1) is 0 Å². The second kappa shape index (κ2) is 6.20. The van der Waals surface area contributed by atoms with Crippen molar-refractivity contribution >= 4 is 5.91 Å². The van der Waals surface area contributed by atoms with Crippen LogP contribution in [0.15, 0.2) is 18.2 Å². The molecule has 1 heterocycles. The predicted octanol–water partition coefficient (Wildman–Crippen LogP) is 2.52. The van der Waals surface area contributed by atoms with Gasteiger partial charge in [0.25, 0.3) is 5.91 Å². The Labute approximate surface area is 116 Å². The number of piperidine rings is 1. The lowest BCUT2D eigenvalue weighted by molar-refractivity contribution is 0.0614. The van der Waals surface area contributed by atoms with E-state index in [2.05, 4.69) is 16.3 Å². The van der Waals surface area contributed by atoms with Crippen LogP contribution in [0.3, 0.4) is 0 Å². The van der Waals surface area contributed by atoms with Crippen LogP contribution in [-0.4, -0.2) is 37.0 Å². The molecule has 3 heteroatoms. The lowest BCUT2D eigenvalue weighted by Gasteiger charge is -2.36. The average Bonchev–Trinajstić information content (AvgIpc) is 2.42. The van der Waals surface area contributed by atoms with Crippen LogP contribution in [0.1, 0.15) is 40.7 Å². The fourth-order valence-corrected chi connectivity index (χ4v) is 2.84. The van der Waals surface area contributed by atoms with E-state index in [-0.39, 0.29) is 5.91 Å². The first-order valence-corrected chi connectivity index (χ1v) is 7.16. The van der Waals surface area contributed by atoms with E-state index in [1.807, 2.05) is 33.0 Å². The molecule has 1 aliphatic heterocycles. The molecule has 1 aromatic carbocycles. The summed E-state index contributed by atoms with van der Waals surface area (Å²) in [6.45, 7) is 5.83. The highest BCUT2D eigenvalue weighted by Gasteiger charge is 2.27. The summed E-state index contributed by atoms with van der Waals surface area (Å²) in [4.78, 5) is 14.8. The van der Waals surface area contributed by atoms with Crippen LogP contribution in [0.5, 0.6) is 0 Å². The molecule has 104 valence electrons. The molecule has 0 aliphatic carbocycles. The molecule has 0 radical (unpaired) electrons. The first-order chi connectivity index (χ1) is 9.13. The minimum Gasteiger partial charge on any atom is -0.334 e. The summed E-state index contributed by atoms with van der Waals surface area (Å²) < 4.78 is 0. The van der Waals surface area contributed by atoms with Gasteiger partial charge in [-0.25, -0.2) is 0 Å². The molecule has 0 saturated carbocycles. The number of hydrogen-bond acceptors (Lipinski definition) is 2. The largest absolute Gasteiger partial charge is 0.334 e. The Balaban J connectivity index is 2.23. The Bertz CT molecular complexity index is 454. The normalized spacial score (nSPS) is 19.5.